The predicted octanol–water partition coefficient (Wildman–Crippen LogP) is 4.47. The molecule has 0 aliphatic heterocycles. The highest BCUT2D eigenvalue weighted by atomic mass is 35.5. The lowest BCUT2D eigenvalue weighted by Gasteiger charge is -2.18. The van der Waals surface area contributed by atoms with E-state index < -0.39 is 16.8 Å². The third kappa shape index (κ3) is 3.81. The van der Waals surface area contributed by atoms with Crippen LogP contribution in [0.5, 0.6) is 0 Å². The van der Waals surface area contributed by atoms with E-state index in [1.807, 2.05) is 0 Å². The van der Waals surface area contributed by atoms with E-state index in [1.165, 1.54) is 30.6 Å². The first-order valence-corrected chi connectivity index (χ1v) is 9.49. The highest BCUT2D eigenvalue weighted by molar-refractivity contribution is 7.17. The second-order valence-electron chi connectivity index (χ2n) is 6.42. The third-order valence-corrected chi connectivity index (χ3v) is 6.03. The summed E-state index contributed by atoms with van der Waals surface area (Å²) in [7, 11) is 1.29. The van der Waals surface area contributed by atoms with Gasteiger partial charge in [0.15, 0.2) is 0 Å². The number of fused-ring (bicyclic) bond motifs is 1. The van der Waals surface area contributed by atoms with Gasteiger partial charge in [0.2, 0.25) is 0 Å². The van der Waals surface area contributed by atoms with Crippen molar-refractivity contribution in [3.05, 3.63) is 54.9 Å². The van der Waals surface area contributed by atoms with Gasteiger partial charge in [-0.15, -0.1) is 11.3 Å². The molecule has 0 saturated carbocycles. The minimum atomic E-state index is -0.611. The summed E-state index contributed by atoms with van der Waals surface area (Å²) < 4.78 is 4.89. The highest BCUT2D eigenvalue weighted by Crippen LogP contribution is 2.40. The number of benzene rings is 1. The first-order chi connectivity index (χ1) is 12.8. The fraction of sp³-hybridized carbons (Fsp3) is 0.333. The summed E-state index contributed by atoms with van der Waals surface area (Å²) in [5.74, 6) is -0.626. The van der Waals surface area contributed by atoms with Crippen molar-refractivity contribution in [3.63, 3.8) is 0 Å². The molecule has 0 fully saturated rings. The van der Waals surface area contributed by atoms with Crippen LogP contribution >= 0.6 is 22.9 Å². The maximum absolute atomic E-state index is 12.7. The smallest absolute Gasteiger partial charge is 0.341 e. The van der Waals surface area contributed by atoms with Crippen LogP contribution in [0.1, 0.15) is 44.5 Å². The van der Waals surface area contributed by atoms with Crippen LogP contribution < -0.4 is 5.32 Å². The molecule has 27 heavy (non-hydrogen) atoms. The Morgan fingerprint density at radius 1 is 1.41 bits per heavy atom. The number of ether oxygens (including phenoxy) is 1. The molecule has 0 unspecified atom stereocenters. The molecule has 1 aromatic carbocycles. The summed E-state index contributed by atoms with van der Waals surface area (Å²) in [6.07, 6.45) is 2.53. The number of thiophene rings is 1. The first-order valence-electron chi connectivity index (χ1n) is 8.30. The Morgan fingerprint density at radius 3 is 2.81 bits per heavy atom. The zero-order valence-electron chi connectivity index (χ0n) is 14.7. The Balaban J connectivity index is 1.98. The molecular formula is C18H17ClN2O5S. The number of methoxy groups -OCH3 is 1. The number of amides is 1. The number of hydrogen-bond acceptors (Lipinski definition) is 6. The molecule has 0 bridgehead atoms. The van der Waals surface area contributed by atoms with Gasteiger partial charge < -0.3 is 10.1 Å². The van der Waals surface area contributed by atoms with Gasteiger partial charge in [-0.2, -0.15) is 0 Å². The normalized spacial score (nSPS) is 15.7. The number of rotatable bonds is 4. The van der Waals surface area contributed by atoms with Crippen molar-refractivity contribution in [2.24, 2.45) is 5.92 Å². The molecule has 0 spiro atoms. The summed E-state index contributed by atoms with van der Waals surface area (Å²) in [5.41, 5.74) is 1.00. The van der Waals surface area contributed by atoms with Crippen LogP contribution in [0.25, 0.3) is 0 Å². The average Bonchev–Trinajstić information content (AvgIpc) is 2.97. The molecule has 3 rings (SSSR count). The van der Waals surface area contributed by atoms with Gasteiger partial charge in [0.05, 0.1) is 28.2 Å². The number of nitrogens with zero attached hydrogens (tertiary/aromatic N) is 1. The molecule has 0 radical (unpaired) electrons. The minimum Gasteiger partial charge on any atom is -0.465 e. The lowest BCUT2D eigenvalue weighted by Crippen LogP contribution is -2.16. The number of nitrogens with one attached hydrogen (secondary N) is 1. The number of non-ortho nitro benzene ring substituents is 1. The van der Waals surface area contributed by atoms with E-state index in [2.05, 4.69) is 12.2 Å². The van der Waals surface area contributed by atoms with E-state index in [-0.39, 0.29) is 16.3 Å². The molecule has 1 heterocycles. The number of carbonyl (C=O) groups excluding carboxylic acids is 2. The zero-order valence-corrected chi connectivity index (χ0v) is 16.3. The molecule has 1 atom stereocenters. The average molecular weight is 409 g/mol. The molecule has 0 saturated heterocycles. The molecule has 7 nitrogen and oxygen atoms in total. The van der Waals surface area contributed by atoms with E-state index >= 15 is 0 Å². The SMILES string of the molecule is COC(=O)c1c(NC(=O)c2cc([N+](=O)[O-])ccc2Cl)sc2c1CC[C@H](C)C2. The Labute approximate surface area is 164 Å². The first kappa shape index (κ1) is 19.3. The van der Waals surface area contributed by atoms with E-state index in [9.17, 15) is 19.7 Å². The van der Waals surface area contributed by atoms with Crippen LogP contribution in [0.4, 0.5) is 10.7 Å². The molecule has 1 amide bonds. The number of halogens is 1. The lowest BCUT2D eigenvalue weighted by molar-refractivity contribution is -0.384. The van der Waals surface area contributed by atoms with E-state index in [0.717, 1.165) is 35.8 Å². The molecule has 9 heteroatoms. The summed E-state index contributed by atoms with van der Waals surface area (Å²) in [6.45, 7) is 2.14. The van der Waals surface area contributed by atoms with Crippen LogP contribution in [0.2, 0.25) is 5.02 Å². The second-order valence-corrected chi connectivity index (χ2v) is 7.94. The summed E-state index contributed by atoms with van der Waals surface area (Å²) in [6, 6.07) is 3.65. The van der Waals surface area contributed by atoms with Gasteiger partial charge in [0.25, 0.3) is 11.6 Å². The molecular weight excluding hydrogens is 392 g/mol. The van der Waals surface area contributed by atoms with Gasteiger partial charge in [-0.3, -0.25) is 14.9 Å². The van der Waals surface area contributed by atoms with Crippen LogP contribution in [0, 0.1) is 16.0 Å². The van der Waals surface area contributed by atoms with Crippen molar-refractivity contribution in [1.29, 1.82) is 0 Å². The fourth-order valence-electron chi connectivity index (χ4n) is 3.13. The van der Waals surface area contributed by atoms with Crippen LogP contribution in [0.3, 0.4) is 0 Å². The Hall–Kier alpha value is -2.45. The number of hydrogen-bond donors (Lipinski definition) is 1. The van der Waals surface area contributed by atoms with Gasteiger partial charge in [-0.25, -0.2) is 4.79 Å². The van der Waals surface area contributed by atoms with E-state index in [0.29, 0.717) is 16.5 Å². The van der Waals surface area contributed by atoms with Crippen molar-refractivity contribution in [2.75, 3.05) is 12.4 Å². The van der Waals surface area contributed by atoms with Gasteiger partial charge in [0.1, 0.15) is 5.00 Å². The standard InChI is InChI=1S/C18H17ClN2O5S/c1-9-3-5-11-14(7-9)27-17(15(11)18(23)26-2)20-16(22)12-8-10(21(24)25)4-6-13(12)19/h4,6,8-9H,3,5,7H2,1-2H3,(H,20,22)/t9-/m0/s1. The second kappa shape index (κ2) is 7.66. The van der Waals surface area contributed by atoms with Crippen LogP contribution in [-0.2, 0) is 17.6 Å². The third-order valence-electron chi connectivity index (χ3n) is 4.53. The highest BCUT2D eigenvalue weighted by Gasteiger charge is 2.29. The number of nitro groups is 1. The Bertz CT molecular complexity index is 940. The van der Waals surface area contributed by atoms with Crippen molar-refractivity contribution < 1.29 is 19.2 Å². The topological polar surface area (TPSA) is 98.5 Å². The summed E-state index contributed by atoms with van der Waals surface area (Å²) in [5, 5.41) is 14.1. The number of esters is 1. The van der Waals surface area contributed by atoms with Crippen molar-refractivity contribution in [3.8, 4) is 0 Å². The van der Waals surface area contributed by atoms with Crippen LogP contribution in [-0.4, -0.2) is 23.9 Å². The van der Waals surface area contributed by atoms with Crippen molar-refractivity contribution in [1.82, 2.24) is 0 Å². The van der Waals surface area contributed by atoms with Gasteiger partial charge in [-0.05, 0) is 36.8 Å². The van der Waals surface area contributed by atoms with Crippen LogP contribution in [0.15, 0.2) is 18.2 Å². The lowest BCUT2D eigenvalue weighted by atomic mass is 9.88. The monoisotopic (exact) mass is 408 g/mol. The molecule has 1 aromatic heterocycles. The number of anilines is 1. The molecule has 1 aliphatic rings. The zero-order chi connectivity index (χ0) is 19.7. The predicted molar refractivity (Wildman–Crippen MR) is 103 cm³/mol. The largest absolute Gasteiger partial charge is 0.465 e. The van der Waals surface area contributed by atoms with Gasteiger partial charge in [-0.1, -0.05) is 18.5 Å². The summed E-state index contributed by atoms with van der Waals surface area (Å²) in [4.78, 5) is 36.4. The molecule has 1 aliphatic carbocycles. The Kier molecular flexibility index (Phi) is 5.48. The van der Waals surface area contributed by atoms with E-state index in [4.69, 9.17) is 16.3 Å². The van der Waals surface area contributed by atoms with Gasteiger partial charge in [0, 0.05) is 17.0 Å². The fourth-order valence-corrected chi connectivity index (χ4v) is 4.73. The maximum atomic E-state index is 12.7. The molecule has 1 N–H and O–H groups in total. The molecule has 142 valence electrons. The summed E-state index contributed by atoms with van der Waals surface area (Å²) >= 11 is 7.38. The minimum absolute atomic E-state index is 0.0265. The van der Waals surface area contributed by atoms with E-state index in [1.54, 1.807) is 0 Å². The molecule has 2 aromatic rings. The maximum Gasteiger partial charge on any atom is 0.341 e. The number of nitro benzene ring substituents is 1. The quantitative estimate of drug-likeness (QED) is 0.457. The van der Waals surface area contributed by atoms with Crippen molar-refractivity contribution in [2.45, 2.75) is 26.2 Å². The number of carbonyl (C=O) groups is 2. The Morgan fingerprint density at radius 2 is 2.15 bits per heavy atom. The van der Waals surface area contributed by atoms with Crippen molar-refractivity contribution >= 4 is 45.5 Å². The van der Waals surface area contributed by atoms with Gasteiger partial charge >= 0.3 is 5.97 Å².